The van der Waals surface area contributed by atoms with Crippen molar-refractivity contribution in [3.8, 4) is 0 Å². The highest BCUT2D eigenvalue weighted by Crippen LogP contribution is 2.32. The van der Waals surface area contributed by atoms with Crippen molar-refractivity contribution in [2.24, 2.45) is 0 Å². The van der Waals surface area contributed by atoms with Crippen LogP contribution in [0.4, 0.5) is 18.9 Å². The van der Waals surface area contributed by atoms with Crippen LogP contribution in [0.15, 0.2) is 47.4 Å². The van der Waals surface area contributed by atoms with Crippen LogP contribution in [0.2, 0.25) is 0 Å². The molecule has 0 aliphatic carbocycles. The number of anilines is 1. The second kappa shape index (κ2) is 7.21. The number of nitrogens with zero attached hydrogens (tertiary/aromatic N) is 2. The zero-order chi connectivity index (χ0) is 20.7. The highest BCUT2D eigenvalue weighted by molar-refractivity contribution is 7.89. The number of hydrogen-bond donors (Lipinski definition) is 0. The number of halogens is 3. The van der Waals surface area contributed by atoms with E-state index in [2.05, 4.69) is 0 Å². The van der Waals surface area contributed by atoms with Crippen molar-refractivity contribution in [2.75, 3.05) is 25.5 Å². The van der Waals surface area contributed by atoms with Gasteiger partial charge in [0, 0.05) is 26.3 Å². The maximum absolute atomic E-state index is 12.8. The molecule has 28 heavy (non-hydrogen) atoms. The largest absolute Gasteiger partial charge is 0.416 e. The standard InChI is InChI=1S/C19H19F3N2O3S/c1-23(2)28(26,27)16-6-7-17-14(12-16)8-9-24(17)18(25)11-13-4-3-5-15(10-13)19(20,21)22/h3-7,10,12H,8-9,11H2,1-2H3. The van der Waals surface area contributed by atoms with Crippen molar-refractivity contribution in [1.82, 2.24) is 4.31 Å². The lowest BCUT2D eigenvalue weighted by Crippen LogP contribution is -2.30. The Labute approximate surface area is 161 Å². The zero-order valence-corrected chi connectivity index (χ0v) is 16.1. The first kappa shape index (κ1) is 20.3. The Kier molecular flexibility index (Phi) is 5.24. The van der Waals surface area contributed by atoms with Gasteiger partial charge >= 0.3 is 6.18 Å². The average molecular weight is 412 g/mol. The average Bonchev–Trinajstić information content (AvgIpc) is 3.04. The minimum Gasteiger partial charge on any atom is -0.312 e. The fourth-order valence-corrected chi connectivity index (χ4v) is 4.09. The monoisotopic (exact) mass is 412 g/mol. The van der Waals surface area contributed by atoms with Crippen molar-refractivity contribution in [1.29, 1.82) is 0 Å². The molecule has 2 aromatic carbocycles. The summed E-state index contributed by atoms with van der Waals surface area (Å²) in [6.07, 6.45) is -4.14. The number of benzene rings is 2. The number of carbonyl (C=O) groups excluding carboxylic acids is 1. The first-order valence-electron chi connectivity index (χ1n) is 8.52. The van der Waals surface area contributed by atoms with Crippen LogP contribution in [-0.2, 0) is 33.8 Å². The Hall–Kier alpha value is -2.39. The molecule has 3 rings (SSSR count). The summed E-state index contributed by atoms with van der Waals surface area (Å²) in [4.78, 5) is 14.3. The molecule has 0 aromatic heterocycles. The van der Waals surface area contributed by atoms with Crippen molar-refractivity contribution < 1.29 is 26.4 Å². The number of amides is 1. The molecule has 1 heterocycles. The van der Waals surface area contributed by atoms with Crippen molar-refractivity contribution in [3.05, 3.63) is 59.2 Å². The molecule has 0 radical (unpaired) electrons. The molecule has 0 saturated carbocycles. The summed E-state index contributed by atoms with van der Waals surface area (Å²) in [7, 11) is -0.704. The van der Waals surface area contributed by atoms with Gasteiger partial charge in [-0.2, -0.15) is 13.2 Å². The molecule has 0 spiro atoms. The fraction of sp³-hybridized carbons (Fsp3) is 0.316. The van der Waals surface area contributed by atoms with Gasteiger partial charge in [-0.05, 0) is 41.8 Å². The number of sulfonamides is 1. The Bertz CT molecular complexity index is 1020. The van der Waals surface area contributed by atoms with Gasteiger partial charge in [-0.15, -0.1) is 0 Å². The van der Waals surface area contributed by atoms with E-state index in [4.69, 9.17) is 0 Å². The lowest BCUT2D eigenvalue weighted by Gasteiger charge is -2.18. The van der Waals surface area contributed by atoms with Crippen LogP contribution in [0.25, 0.3) is 0 Å². The third-order valence-corrected chi connectivity index (χ3v) is 6.45. The second-order valence-corrected chi connectivity index (χ2v) is 8.90. The molecule has 0 fully saturated rings. The smallest absolute Gasteiger partial charge is 0.312 e. The van der Waals surface area contributed by atoms with Gasteiger partial charge in [-0.25, -0.2) is 12.7 Å². The van der Waals surface area contributed by atoms with E-state index < -0.39 is 21.8 Å². The number of alkyl halides is 3. The van der Waals surface area contributed by atoms with Crippen LogP contribution in [0.3, 0.4) is 0 Å². The SMILES string of the molecule is CN(C)S(=O)(=O)c1ccc2c(c1)CCN2C(=O)Cc1cccc(C(F)(F)F)c1. The van der Waals surface area contributed by atoms with Crippen LogP contribution in [0.5, 0.6) is 0 Å². The normalized spacial score (nSPS) is 14.4. The Morgan fingerprint density at radius 1 is 1.14 bits per heavy atom. The molecule has 1 amide bonds. The molecule has 1 aliphatic heterocycles. The van der Waals surface area contributed by atoms with Gasteiger partial charge in [0.05, 0.1) is 16.9 Å². The first-order valence-corrected chi connectivity index (χ1v) is 9.96. The Morgan fingerprint density at radius 3 is 2.50 bits per heavy atom. The van der Waals surface area contributed by atoms with Gasteiger partial charge in [0.25, 0.3) is 0 Å². The molecule has 1 aliphatic rings. The highest BCUT2D eigenvalue weighted by Gasteiger charge is 2.31. The summed E-state index contributed by atoms with van der Waals surface area (Å²) in [5.41, 5.74) is 0.799. The molecular formula is C19H19F3N2O3S. The molecule has 0 bridgehead atoms. The molecule has 150 valence electrons. The third-order valence-electron chi connectivity index (χ3n) is 4.64. The van der Waals surface area contributed by atoms with Gasteiger partial charge in [0.15, 0.2) is 0 Å². The van der Waals surface area contributed by atoms with Crippen molar-refractivity contribution in [2.45, 2.75) is 23.9 Å². The lowest BCUT2D eigenvalue weighted by atomic mass is 10.1. The number of carbonyl (C=O) groups is 1. The number of rotatable bonds is 4. The number of fused-ring (bicyclic) bond motifs is 1. The summed E-state index contributed by atoms with van der Waals surface area (Å²) in [6.45, 7) is 0.360. The van der Waals surface area contributed by atoms with E-state index in [1.54, 1.807) is 12.1 Å². The molecule has 9 heteroatoms. The van der Waals surface area contributed by atoms with E-state index in [-0.39, 0.29) is 22.8 Å². The molecule has 0 saturated heterocycles. The van der Waals surface area contributed by atoms with Gasteiger partial charge in [-0.3, -0.25) is 4.79 Å². The van der Waals surface area contributed by atoms with Gasteiger partial charge < -0.3 is 4.90 Å². The van der Waals surface area contributed by atoms with Crippen molar-refractivity contribution in [3.63, 3.8) is 0 Å². The van der Waals surface area contributed by atoms with Gasteiger partial charge in [-0.1, -0.05) is 18.2 Å². The van der Waals surface area contributed by atoms with Crippen LogP contribution in [0, 0.1) is 0 Å². The molecule has 0 unspecified atom stereocenters. The first-order chi connectivity index (χ1) is 13.0. The van der Waals surface area contributed by atoms with Crippen LogP contribution >= 0.6 is 0 Å². The molecule has 0 atom stereocenters. The van der Waals surface area contributed by atoms with E-state index in [9.17, 15) is 26.4 Å². The maximum atomic E-state index is 12.8. The predicted molar refractivity (Wildman–Crippen MR) is 98.5 cm³/mol. The molecule has 5 nitrogen and oxygen atoms in total. The summed E-state index contributed by atoms with van der Waals surface area (Å²) in [5.74, 6) is -0.332. The maximum Gasteiger partial charge on any atom is 0.416 e. The lowest BCUT2D eigenvalue weighted by molar-refractivity contribution is -0.137. The molecular weight excluding hydrogens is 393 g/mol. The summed E-state index contributed by atoms with van der Waals surface area (Å²) < 4.78 is 64.2. The van der Waals surface area contributed by atoms with Crippen LogP contribution in [-0.4, -0.2) is 39.3 Å². The van der Waals surface area contributed by atoms with Gasteiger partial charge in [0.2, 0.25) is 15.9 Å². The molecule has 2 aromatic rings. The van der Waals surface area contributed by atoms with E-state index in [1.165, 1.54) is 37.2 Å². The zero-order valence-electron chi connectivity index (χ0n) is 15.3. The minimum absolute atomic E-state index is 0.142. The second-order valence-electron chi connectivity index (χ2n) is 6.75. The summed E-state index contributed by atoms with van der Waals surface area (Å²) >= 11 is 0. The van der Waals surface area contributed by atoms with E-state index in [0.29, 0.717) is 18.7 Å². The Balaban J connectivity index is 1.82. The van der Waals surface area contributed by atoms with E-state index in [0.717, 1.165) is 22.0 Å². The molecule has 0 N–H and O–H groups in total. The predicted octanol–water partition coefficient (Wildman–Crippen LogP) is 3.09. The summed E-state index contributed by atoms with van der Waals surface area (Å²) in [6, 6.07) is 9.25. The van der Waals surface area contributed by atoms with E-state index >= 15 is 0 Å². The Morgan fingerprint density at radius 2 is 1.86 bits per heavy atom. The topological polar surface area (TPSA) is 57.7 Å². The van der Waals surface area contributed by atoms with Crippen molar-refractivity contribution >= 4 is 21.6 Å². The van der Waals surface area contributed by atoms with Gasteiger partial charge in [0.1, 0.15) is 0 Å². The van der Waals surface area contributed by atoms with Crippen LogP contribution in [0.1, 0.15) is 16.7 Å². The fourth-order valence-electron chi connectivity index (χ4n) is 3.14. The number of hydrogen-bond acceptors (Lipinski definition) is 3. The quantitative estimate of drug-likeness (QED) is 0.776. The third kappa shape index (κ3) is 3.90. The highest BCUT2D eigenvalue weighted by atomic mass is 32.2. The summed E-state index contributed by atoms with van der Waals surface area (Å²) in [5, 5.41) is 0. The van der Waals surface area contributed by atoms with Crippen LogP contribution < -0.4 is 4.90 Å². The minimum atomic E-state index is -4.46. The van der Waals surface area contributed by atoms with E-state index in [1.807, 2.05) is 0 Å².